The second-order valence-corrected chi connectivity index (χ2v) is 5.48. The van der Waals surface area contributed by atoms with E-state index < -0.39 is 0 Å². The van der Waals surface area contributed by atoms with Crippen LogP contribution in [-0.4, -0.2) is 24.5 Å². The van der Waals surface area contributed by atoms with Crippen LogP contribution in [0.15, 0.2) is 24.3 Å². The van der Waals surface area contributed by atoms with Crippen molar-refractivity contribution in [1.82, 2.24) is 4.90 Å². The molecule has 2 nitrogen and oxygen atoms in total. The largest absolute Gasteiger partial charge is 0.323 e. The number of halogens is 1. The third-order valence-corrected chi connectivity index (χ3v) is 3.53. The summed E-state index contributed by atoms with van der Waals surface area (Å²) in [6.07, 6.45) is 1.16. The van der Waals surface area contributed by atoms with E-state index in [0.29, 0.717) is 5.92 Å². The van der Waals surface area contributed by atoms with Gasteiger partial charge in [-0.3, -0.25) is 0 Å². The Bertz CT molecular complexity index is 348. The molecule has 0 aromatic heterocycles. The van der Waals surface area contributed by atoms with Gasteiger partial charge in [0.1, 0.15) is 5.82 Å². The molecule has 18 heavy (non-hydrogen) atoms. The molecule has 0 amide bonds. The smallest absolute Gasteiger partial charge is 0.123 e. The molecule has 0 saturated heterocycles. The van der Waals surface area contributed by atoms with Gasteiger partial charge in [-0.25, -0.2) is 4.39 Å². The summed E-state index contributed by atoms with van der Waals surface area (Å²) in [6, 6.07) is 6.64. The van der Waals surface area contributed by atoms with Gasteiger partial charge in [0.25, 0.3) is 0 Å². The topological polar surface area (TPSA) is 29.3 Å². The Labute approximate surface area is 110 Å². The molecule has 0 heterocycles. The minimum atomic E-state index is -0.216. The minimum Gasteiger partial charge on any atom is -0.323 e. The van der Waals surface area contributed by atoms with E-state index in [9.17, 15) is 4.39 Å². The van der Waals surface area contributed by atoms with Crippen molar-refractivity contribution in [2.75, 3.05) is 13.6 Å². The van der Waals surface area contributed by atoms with E-state index in [-0.39, 0.29) is 17.9 Å². The molecular formula is C15H25FN2. The lowest BCUT2D eigenvalue weighted by molar-refractivity contribution is 0.215. The van der Waals surface area contributed by atoms with Crippen LogP contribution < -0.4 is 5.73 Å². The van der Waals surface area contributed by atoms with Crippen molar-refractivity contribution >= 4 is 0 Å². The van der Waals surface area contributed by atoms with Gasteiger partial charge in [-0.15, -0.1) is 0 Å². The standard InChI is InChI=1S/C15H25FN2/c1-11(2)9-10-18(4)12(3)15(17)13-5-7-14(16)8-6-13/h5-8,11-12,15H,9-10,17H2,1-4H3. The van der Waals surface area contributed by atoms with Gasteiger partial charge in [0.15, 0.2) is 0 Å². The predicted octanol–water partition coefficient (Wildman–Crippen LogP) is 3.19. The van der Waals surface area contributed by atoms with Crippen molar-refractivity contribution in [3.05, 3.63) is 35.6 Å². The minimum absolute atomic E-state index is 0.0808. The van der Waals surface area contributed by atoms with Crippen molar-refractivity contribution in [3.63, 3.8) is 0 Å². The summed E-state index contributed by atoms with van der Waals surface area (Å²) >= 11 is 0. The van der Waals surface area contributed by atoms with Crippen LogP contribution in [0.25, 0.3) is 0 Å². The Morgan fingerprint density at radius 1 is 1.17 bits per heavy atom. The van der Waals surface area contributed by atoms with Crippen molar-refractivity contribution in [2.24, 2.45) is 11.7 Å². The molecule has 102 valence electrons. The summed E-state index contributed by atoms with van der Waals surface area (Å²) in [5.41, 5.74) is 7.22. The Balaban J connectivity index is 2.59. The molecule has 0 radical (unpaired) electrons. The number of hydrogen-bond acceptors (Lipinski definition) is 2. The number of benzene rings is 1. The summed E-state index contributed by atoms with van der Waals surface area (Å²) < 4.78 is 12.9. The van der Waals surface area contributed by atoms with E-state index in [0.717, 1.165) is 18.5 Å². The highest BCUT2D eigenvalue weighted by Crippen LogP contribution is 2.18. The molecule has 0 spiro atoms. The molecule has 0 fully saturated rings. The van der Waals surface area contributed by atoms with E-state index >= 15 is 0 Å². The highest BCUT2D eigenvalue weighted by molar-refractivity contribution is 5.20. The van der Waals surface area contributed by atoms with Crippen molar-refractivity contribution in [2.45, 2.75) is 39.3 Å². The van der Waals surface area contributed by atoms with Gasteiger partial charge in [-0.1, -0.05) is 26.0 Å². The van der Waals surface area contributed by atoms with Crippen LogP contribution >= 0.6 is 0 Å². The number of hydrogen-bond donors (Lipinski definition) is 1. The van der Waals surface area contributed by atoms with Gasteiger partial charge in [-0.2, -0.15) is 0 Å². The van der Waals surface area contributed by atoms with Gasteiger partial charge in [0.2, 0.25) is 0 Å². The maximum atomic E-state index is 12.9. The normalized spacial score (nSPS) is 15.1. The molecule has 0 bridgehead atoms. The molecule has 0 aliphatic carbocycles. The number of nitrogens with zero attached hydrogens (tertiary/aromatic N) is 1. The van der Waals surface area contributed by atoms with Crippen LogP contribution in [0.4, 0.5) is 4.39 Å². The predicted molar refractivity (Wildman–Crippen MR) is 74.9 cm³/mol. The second kappa shape index (κ2) is 6.86. The Kier molecular flexibility index (Phi) is 5.76. The molecule has 0 aliphatic heterocycles. The zero-order valence-corrected chi connectivity index (χ0v) is 11.9. The highest BCUT2D eigenvalue weighted by Gasteiger charge is 2.19. The maximum Gasteiger partial charge on any atom is 0.123 e. The molecule has 1 aromatic carbocycles. The Morgan fingerprint density at radius 3 is 2.22 bits per heavy atom. The first-order valence-electron chi connectivity index (χ1n) is 6.63. The van der Waals surface area contributed by atoms with Crippen molar-refractivity contribution < 1.29 is 4.39 Å². The van der Waals surface area contributed by atoms with Crippen LogP contribution in [-0.2, 0) is 0 Å². The fourth-order valence-electron chi connectivity index (χ4n) is 1.90. The van der Waals surface area contributed by atoms with Crippen molar-refractivity contribution in [3.8, 4) is 0 Å². The molecule has 1 rings (SSSR count). The summed E-state index contributed by atoms with van der Waals surface area (Å²) in [5, 5.41) is 0. The van der Waals surface area contributed by atoms with Crippen LogP contribution in [0.3, 0.4) is 0 Å². The number of likely N-dealkylation sites (N-methyl/N-ethyl adjacent to an activating group) is 1. The fourth-order valence-corrected chi connectivity index (χ4v) is 1.90. The molecule has 1 aromatic rings. The molecular weight excluding hydrogens is 227 g/mol. The lowest BCUT2D eigenvalue weighted by Crippen LogP contribution is -2.39. The lowest BCUT2D eigenvalue weighted by Gasteiger charge is -2.30. The van der Waals surface area contributed by atoms with E-state index in [4.69, 9.17) is 5.73 Å². The quantitative estimate of drug-likeness (QED) is 0.842. The van der Waals surface area contributed by atoms with Gasteiger partial charge in [-0.05, 0) is 50.6 Å². The Hall–Kier alpha value is -0.930. The maximum absolute atomic E-state index is 12.9. The summed E-state index contributed by atoms with van der Waals surface area (Å²) in [7, 11) is 2.09. The van der Waals surface area contributed by atoms with E-state index in [1.807, 2.05) is 0 Å². The number of nitrogens with two attached hydrogens (primary N) is 1. The zero-order chi connectivity index (χ0) is 13.7. The van der Waals surface area contributed by atoms with Crippen LogP contribution in [0, 0.1) is 11.7 Å². The monoisotopic (exact) mass is 252 g/mol. The summed E-state index contributed by atoms with van der Waals surface area (Å²) in [4.78, 5) is 2.27. The first kappa shape index (κ1) is 15.1. The third kappa shape index (κ3) is 4.39. The lowest BCUT2D eigenvalue weighted by atomic mass is 10.00. The first-order valence-corrected chi connectivity index (χ1v) is 6.63. The van der Waals surface area contributed by atoms with E-state index in [1.54, 1.807) is 12.1 Å². The van der Waals surface area contributed by atoms with E-state index in [1.165, 1.54) is 12.1 Å². The average Bonchev–Trinajstić information content (AvgIpc) is 2.35. The molecule has 0 saturated carbocycles. The SMILES string of the molecule is CC(C)CCN(C)C(C)C(N)c1ccc(F)cc1. The van der Waals surface area contributed by atoms with Crippen LogP contribution in [0.1, 0.15) is 38.8 Å². The highest BCUT2D eigenvalue weighted by atomic mass is 19.1. The van der Waals surface area contributed by atoms with Crippen LogP contribution in [0.2, 0.25) is 0 Å². The molecule has 3 heteroatoms. The molecule has 0 aliphatic rings. The van der Waals surface area contributed by atoms with Crippen LogP contribution in [0.5, 0.6) is 0 Å². The van der Waals surface area contributed by atoms with Crippen molar-refractivity contribution in [1.29, 1.82) is 0 Å². The molecule has 2 N–H and O–H groups in total. The van der Waals surface area contributed by atoms with Gasteiger partial charge in [0.05, 0.1) is 0 Å². The Morgan fingerprint density at radius 2 is 1.72 bits per heavy atom. The van der Waals surface area contributed by atoms with Gasteiger partial charge < -0.3 is 10.6 Å². The van der Waals surface area contributed by atoms with E-state index in [2.05, 4.69) is 32.7 Å². The third-order valence-electron chi connectivity index (χ3n) is 3.53. The summed E-state index contributed by atoms with van der Waals surface area (Å²) in [5.74, 6) is 0.480. The molecule has 2 atom stereocenters. The van der Waals surface area contributed by atoms with Gasteiger partial charge >= 0.3 is 0 Å². The first-order chi connectivity index (χ1) is 8.41. The fraction of sp³-hybridized carbons (Fsp3) is 0.600. The van der Waals surface area contributed by atoms with Gasteiger partial charge in [0, 0.05) is 12.1 Å². The summed E-state index contributed by atoms with van der Waals surface area (Å²) in [6.45, 7) is 7.60. The second-order valence-electron chi connectivity index (χ2n) is 5.48. The zero-order valence-electron chi connectivity index (χ0n) is 11.9. The molecule has 2 unspecified atom stereocenters. The average molecular weight is 252 g/mol. The number of rotatable bonds is 6.